The van der Waals surface area contributed by atoms with Gasteiger partial charge in [-0.1, -0.05) is 75.4 Å². The van der Waals surface area contributed by atoms with E-state index in [9.17, 15) is 4.79 Å². The summed E-state index contributed by atoms with van der Waals surface area (Å²) >= 11 is 0. The second-order valence-corrected chi connectivity index (χ2v) is 8.89. The third kappa shape index (κ3) is 5.52. The van der Waals surface area contributed by atoms with E-state index in [0.29, 0.717) is 6.42 Å². The number of nitrogens with one attached hydrogen (secondary N) is 1. The second-order valence-electron chi connectivity index (χ2n) is 8.89. The first-order valence-corrected chi connectivity index (χ1v) is 10.5. The van der Waals surface area contributed by atoms with Crippen LogP contribution >= 0.6 is 0 Å². The van der Waals surface area contributed by atoms with Gasteiger partial charge in [0.1, 0.15) is 11.3 Å². The van der Waals surface area contributed by atoms with Crippen molar-refractivity contribution < 1.29 is 9.21 Å². The molecule has 1 heterocycles. The largest absolute Gasteiger partial charge is 0.456 e. The van der Waals surface area contributed by atoms with E-state index in [1.165, 1.54) is 0 Å². The van der Waals surface area contributed by atoms with Gasteiger partial charge in [0, 0.05) is 16.6 Å². The van der Waals surface area contributed by atoms with Crippen LogP contribution in [-0.4, -0.2) is 5.91 Å². The Morgan fingerprint density at radius 3 is 2.32 bits per heavy atom. The summed E-state index contributed by atoms with van der Waals surface area (Å²) in [6.07, 6.45) is 4.64. The van der Waals surface area contributed by atoms with Gasteiger partial charge in [-0.05, 0) is 52.9 Å². The van der Waals surface area contributed by atoms with Crippen LogP contribution in [0.1, 0.15) is 31.9 Å². The summed E-state index contributed by atoms with van der Waals surface area (Å²) in [4.78, 5) is 12.5. The number of amides is 1. The van der Waals surface area contributed by atoms with Crippen molar-refractivity contribution in [3.8, 4) is 11.3 Å². The Hall–Kier alpha value is -3.59. The fourth-order valence-electron chi connectivity index (χ4n) is 3.33. The molecule has 1 amide bonds. The molecule has 0 bridgehead atoms. The molecule has 31 heavy (non-hydrogen) atoms. The molecule has 0 saturated carbocycles. The van der Waals surface area contributed by atoms with Gasteiger partial charge >= 0.3 is 0 Å². The fourth-order valence-corrected chi connectivity index (χ4v) is 3.33. The summed E-state index contributed by atoms with van der Waals surface area (Å²) in [6.45, 7) is 6.52. The molecule has 3 nitrogen and oxygen atoms in total. The number of hydrogen-bond donors (Lipinski definition) is 1. The number of anilines is 1. The predicted octanol–water partition coefficient (Wildman–Crippen LogP) is 7.34. The summed E-state index contributed by atoms with van der Waals surface area (Å²) < 4.78 is 5.91. The Morgan fingerprint density at radius 2 is 1.65 bits per heavy atom. The third-order valence-electron chi connectivity index (χ3n) is 5.00. The van der Waals surface area contributed by atoms with Gasteiger partial charge in [-0.3, -0.25) is 4.79 Å². The van der Waals surface area contributed by atoms with Crippen LogP contribution in [0.4, 0.5) is 5.69 Å². The van der Waals surface area contributed by atoms with Crippen molar-refractivity contribution in [1.29, 1.82) is 0 Å². The van der Waals surface area contributed by atoms with E-state index in [-0.39, 0.29) is 11.3 Å². The van der Waals surface area contributed by atoms with E-state index in [1.54, 1.807) is 0 Å². The highest BCUT2D eigenvalue weighted by Gasteiger charge is 2.08. The van der Waals surface area contributed by atoms with Crippen LogP contribution in [0.25, 0.3) is 28.4 Å². The minimum absolute atomic E-state index is 0.0329. The second kappa shape index (κ2) is 8.65. The minimum Gasteiger partial charge on any atom is -0.456 e. The maximum Gasteiger partial charge on any atom is 0.228 e. The highest BCUT2D eigenvalue weighted by Crippen LogP contribution is 2.28. The summed E-state index contributed by atoms with van der Waals surface area (Å²) in [5, 5.41) is 4.05. The van der Waals surface area contributed by atoms with Gasteiger partial charge in [0.25, 0.3) is 0 Å². The molecular formula is C28H27NO2. The number of para-hydroxylation sites is 1. The van der Waals surface area contributed by atoms with E-state index >= 15 is 0 Å². The lowest BCUT2D eigenvalue weighted by Crippen LogP contribution is -2.14. The van der Waals surface area contributed by atoms with Crippen LogP contribution in [0.2, 0.25) is 0 Å². The topological polar surface area (TPSA) is 42.2 Å². The predicted molar refractivity (Wildman–Crippen MR) is 129 cm³/mol. The minimum atomic E-state index is -0.0329. The molecule has 0 saturated heterocycles. The Labute approximate surface area is 183 Å². The van der Waals surface area contributed by atoms with E-state index < -0.39 is 0 Å². The normalized spacial score (nSPS) is 11.8. The van der Waals surface area contributed by atoms with E-state index in [0.717, 1.165) is 39.1 Å². The molecule has 4 aromatic rings. The first-order chi connectivity index (χ1) is 14.9. The Kier molecular flexibility index (Phi) is 5.77. The number of rotatable bonds is 5. The van der Waals surface area contributed by atoms with Crippen molar-refractivity contribution in [2.45, 2.75) is 27.2 Å². The molecule has 3 heteroatoms. The van der Waals surface area contributed by atoms with E-state index in [2.05, 4.69) is 38.2 Å². The number of hydrogen-bond acceptors (Lipinski definition) is 2. The molecule has 0 fully saturated rings. The van der Waals surface area contributed by atoms with Gasteiger partial charge in [0.05, 0.1) is 6.42 Å². The van der Waals surface area contributed by atoms with Crippen molar-refractivity contribution >= 4 is 28.6 Å². The molecule has 1 N–H and O–H groups in total. The monoisotopic (exact) mass is 409 g/mol. The van der Waals surface area contributed by atoms with Crippen LogP contribution in [0, 0.1) is 5.41 Å². The summed E-state index contributed by atoms with van der Waals surface area (Å²) in [6, 6.07) is 25.8. The first kappa shape index (κ1) is 20.7. The fraction of sp³-hybridized carbons (Fsp3) is 0.179. The van der Waals surface area contributed by atoms with Crippen LogP contribution in [0.3, 0.4) is 0 Å². The molecule has 0 unspecified atom stereocenters. The van der Waals surface area contributed by atoms with Crippen LogP contribution in [0.15, 0.2) is 89.4 Å². The number of carbonyl (C=O) groups is 1. The number of furan rings is 1. The zero-order chi connectivity index (χ0) is 21.8. The van der Waals surface area contributed by atoms with E-state index in [1.807, 2.05) is 78.9 Å². The molecule has 3 aromatic carbocycles. The smallest absolute Gasteiger partial charge is 0.228 e. The highest BCUT2D eigenvalue weighted by atomic mass is 16.3. The van der Waals surface area contributed by atoms with Crippen LogP contribution in [0.5, 0.6) is 0 Å². The molecule has 1 aromatic heterocycles. The lowest BCUT2D eigenvalue weighted by Gasteiger charge is -2.11. The van der Waals surface area contributed by atoms with Crippen molar-refractivity contribution in [3.63, 3.8) is 0 Å². The zero-order valence-electron chi connectivity index (χ0n) is 18.2. The molecular weight excluding hydrogens is 382 g/mol. The van der Waals surface area contributed by atoms with E-state index in [4.69, 9.17) is 4.42 Å². The number of fused-ring (bicyclic) bond motifs is 1. The number of benzene rings is 3. The molecule has 4 rings (SSSR count). The lowest BCUT2D eigenvalue weighted by atomic mass is 9.95. The summed E-state index contributed by atoms with van der Waals surface area (Å²) in [7, 11) is 0. The van der Waals surface area contributed by atoms with Gasteiger partial charge in [0.15, 0.2) is 0 Å². The van der Waals surface area contributed by atoms with Crippen molar-refractivity contribution in [3.05, 3.63) is 96.1 Å². The van der Waals surface area contributed by atoms with Crippen molar-refractivity contribution in [1.82, 2.24) is 0 Å². The summed E-state index contributed by atoms with van der Waals surface area (Å²) in [5.74, 6) is 0.786. The van der Waals surface area contributed by atoms with Gasteiger partial charge in [-0.15, -0.1) is 0 Å². The third-order valence-corrected chi connectivity index (χ3v) is 5.00. The van der Waals surface area contributed by atoms with Gasteiger partial charge in [-0.2, -0.15) is 0 Å². The Bertz CT molecular complexity index is 1170. The molecule has 0 aliphatic carbocycles. The van der Waals surface area contributed by atoms with Crippen molar-refractivity contribution in [2.75, 3.05) is 5.32 Å². The SMILES string of the molecule is CC(C)(C)/C=C/c1ccc(CC(=O)Nc2ccc(-c3cc4ccccc4o3)cc2)cc1. The quantitative estimate of drug-likeness (QED) is 0.375. The molecule has 156 valence electrons. The Morgan fingerprint density at radius 1 is 0.935 bits per heavy atom. The molecule has 0 spiro atoms. The molecule has 0 radical (unpaired) electrons. The maximum atomic E-state index is 12.5. The standard InChI is InChI=1S/C28H27NO2/c1-28(2,3)17-16-20-8-10-21(11-9-20)18-27(30)29-24-14-12-22(13-15-24)26-19-23-6-4-5-7-25(23)31-26/h4-17,19H,18H2,1-3H3,(H,29,30)/b17-16+. The van der Waals surface area contributed by atoms with Crippen molar-refractivity contribution in [2.24, 2.45) is 5.41 Å². The number of allylic oxidation sites excluding steroid dienone is 1. The highest BCUT2D eigenvalue weighted by molar-refractivity contribution is 5.92. The van der Waals surface area contributed by atoms with Gasteiger partial charge in [-0.25, -0.2) is 0 Å². The number of carbonyl (C=O) groups excluding carboxylic acids is 1. The summed E-state index contributed by atoms with van der Waals surface area (Å²) in [5.41, 5.74) is 4.90. The Balaban J connectivity index is 1.37. The zero-order valence-corrected chi connectivity index (χ0v) is 18.2. The van der Waals surface area contributed by atoms with Gasteiger partial charge in [0.2, 0.25) is 5.91 Å². The van der Waals surface area contributed by atoms with Gasteiger partial charge < -0.3 is 9.73 Å². The average Bonchev–Trinajstić information content (AvgIpc) is 3.17. The molecule has 0 atom stereocenters. The lowest BCUT2D eigenvalue weighted by molar-refractivity contribution is -0.115. The molecule has 0 aliphatic heterocycles. The average molecular weight is 410 g/mol. The first-order valence-electron chi connectivity index (χ1n) is 10.5. The van der Waals surface area contributed by atoms with Crippen LogP contribution < -0.4 is 5.32 Å². The van der Waals surface area contributed by atoms with Crippen LogP contribution in [-0.2, 0) is 11.2 Å². The maximum absolute atomic E-state index is 12.5. The molecule has 0 aliphatic rings.